The molecular weight excluding hydrogens is 462 g/mol. The van der Waals surface area contributed by atoms with Crippen LogP contribution in [-0.4, -0.2) is 52.8 Å². The van der Waals surface area contributed by atoms with E-state index in [1.165, 1.54) is 0 Å². The van der Waals surface area contributed by atoms with Gasteiger partial charge in [0.05, 0.1) is 32.7 Å². The minimum atomic E-state index is -4.75. The fourth-order valence-corrected chi connectivity index (χ4v) is 1.98. The zero-order chi connectivity index (χ0) is 22.9. The van der Waals surface area contributed by atoms with Crippen LogP contribution in [0.2, 0.25) is 0 Å². The Labute approximate surface area is 153 Å². The maximum Gasteiger partial charge on any atom is 0.472 e. The van der Waals surface area contributed by atoms with Crippen LogP contribution in [-0.2, 0) is 22.7 Å². The first-order chi connectivity index (χ1) is 12.1. The van der Waals surface area contributed by atoms with Crippen molar-refractivity contribution in [3.8, 4) is 0 Å². The number of phosphoric acid groups is 2. The highest BCUT2D eigenvalue weighted by atomic mass is 31.2. The molecule has 0 aliphatic heterocycles. The average Bonchev–Trinajstić information content (AvgIpc) is 2.31. The van der Waals surface area contributed by atoms with Gasteiger partial charge in [0.1, 0.15) is 0 Å². The summed E-state index contributed by atoms with van der Waals surface area (Å²) in [6.07, 6.45) is -12.6. The third kappa shape index (κ3) is 27.9. The van der Waals surface area contributed by atoms with Gasteiger partial charge in [0.15, 0.2) is 0 Å². The summed E-state index contributed by atoms with van der Waals surface area (Å²) in [5.41, 5.74) is 0. The van der Waals surface area contributed by atoms with Crippen LogP contribution < -0.4 is 0 Å². The summed E-state index contributed by atoms with van der Waals surface area (Å²) in [4.78, 5) is 24.7. The van der Waals surface area contributed by atoms with Crippen LogP contribution in [0.1, 0.15) is 26.2 Å². The van der Waals surface area contributed by atoms with Gasteiger partial charge in [-0.3, -0.25) is 13.6 Å². The highest BCUT2D eigenvalue weighted by Gasteiger charge is 2.31. The molecule has 0 aliphatic rings. The van der Waals surface area contributed by atoms with Gasteiger partial charge in [0.25, 0.3) is 0 Å². The van der Waals surface area contributed by atoms with Crippen LogP contribution in [0.3, 0.4) is 0 Å². The molecule has 0 rings (SSSR count). The molecule has 172 valence electrons. The Balaban J connectivity index is 0. The predicted octanol–water partition coefficient (Wildman–Crippen LogP) is 4.17. The molecule has 1 unspecified atom stereocenters. The normalized spacial score (nSPS) is 15.6. The van der Waals surface area contributed by atoms with Crippen molar-refractivity contribution in [3.05, 3.63) is 0 Å². The van der Waals surface area contributed by atoms with Gasteiger partial charge in [-0.25, -0.2) is 17.9 Å². The van der Waals surface area contributed by atoms with Gasteiger partial charge < -0.3 is 14.7 Å². The second-order valence-corrected chi connectivity index (χ2v) is 7.70. The second kappa shape index (κ2) is 11.7. The molecule has 8 nitrogen and oxygen atoms in total. The lowest BCUT2D eigenvalue weighted by Gasteiger charge is -2.14. The van der Waals surface area contributed by atoms with E-state index in [4.69, 9.17) is 14.7 Å². The van der Waals surface area contributed by atoms with Crippen molar-refractivity contribution in [1.29, 1.82) is 0 Å². The van der Waals surface area contributed by atoms with Gasteiger partial charge in [-0.2, -0.15) is 26.3 Å². The molecule has 1 atom stereocenters. The van der Waals surface area contributed by atoms with Crippen LogP contribution in [0.5, 0.6) is 0 Å². The molecule has 0 spiro atoms. The fourth-order valence-electron chi connectivity index (χ4n) is 0.935. The van der Waals surface area contributed by atoms with Crippen molar-refractivity contribution in [1.82, 2.24) is 0 Å². The maximum atomic E-state index is 12.3. The minimum Gasteiger partial charge on any atom is -0.303 e. The Bertz CT molecular complexity index is 503. The SMILES string of the molecule is CC(F)(F)CCOP(=O)(O)OCCC(F)(F)F.O=P(O)(O)OCCC(F)(F)F. The third-order valence-corrected chi connectivity index (χ3v) is 3.62. The summed E-state index contributed by atoms with van der Waals surface area (Å²) in [6.45, 7) is -2.31. The summed E-state index contributed by atoms with van der Waals surface area (Å²) in [7, 11) is -9.45. The van der Waals surface area contributed by atoms with Crippen molar-refractivity contribution in [3.63, 3.8) is 0 Å². The molecule has 28 heavy (non-hydrogen) atoms. The predicted molar refractivity (Wildman–Crippen MR) is 76.3 cm³/mol. The van der Waals surface area contributed by atoms with Gasteiger partial charge in [-0.15, -0.1) is 0 Å². The summed E-state index contributed by atoms with van der Waals surface area (Å²) in [6, 6.07) is 0. The van der Waals surface area contributed by atoms with Crippen molar-refractivity contribution in [2.75, 3.05) is 19.8 Å². The van der Waals surface area contributed by atoms with E-state index in [1.807, 2.05) is 0 Å². The van der Waals surface area contributed by atoms with E-state index >= 15 is 0 Å². The van der Waals surface area contributed by atoms with E-state index < -0.39 is 73.0 Å². The molecule has 3 N–H and O–H groups in total. The Hall–Kier alpha value is -0.340. The van der Waals surface area contributed by atoms with E-state index in [0.29, 0.717) is 6.92 Å². The first kappa shape index (κ1) is 29.9. The Kier molecular flexibility index (Phi) is 12.5. The second-order valence-electron chi connectivity index (χ2n) is 5.01. The molecule has 0 saturated heterocycles. The number of halogens is 8. The largest absolute Gasteiger partial charge is 0.472 e. The zero-order valence-electron chi connectivity index (χ0n) is 14.0. The van der Waals surface area contributed by atoms with Gasteiger partial charge in [-0.05, 0) is 6.92 Å². The molecule has 0 aromatic carbocycles. The molecule has 0 heterocycles. The molecule has 0 radical (unpaired) electrons. The molecule has 0 bridgehead atoms. The lowest BCUT2D eigenvalue weighted by molar-refractivity contribution is -0.141. The van der Waals surface area contributed by atoms with E-state index in [1.54, 1.807) is 0 Å². The summed E-state index contributed by atoms with van der Waals surface area (Å²) >= 11 is 0. The number of rotatable bonds is 10. The third-order valence-electron chi connectivity index (χ3n) is 2.08. The van der Waals surface area contributed by atoms with E-state index in [2.05, 4.69) is 13.6 Å². The van der Waals surface area contributed by atoms with Crippen LogP contribution >= 0.6 is 15.6 Å². The van der Waals surface area contributed by atoms with Crippen LogP contribution in [0, 0.1) is 0 Å². The Morgan fingerprint density at radius 2 is 1.00 bits per heavy atom. The van der Waals surface area contributed by atoms with Crippen LogP contribution in [0.25, 0.3) is 0 Å². The molecule has 0 fully saturated rings. The summed E-state index contributed by atoms with van der Waals surface area (Å²) < 4.78 is 126. The van der Waals surface area contributed by atoms with E-state index in [0.717, 1.165) is 0 Å². The van der Waals surface area contributed by atoms with Crippen molar-refractivity contribution < 1.29 is 72.5 Å². The van der Waals surface area contributed by atoms with E-state index in [-0.39, 0.29) is 0 Å². The van der Waals surface area contributed by atoms with Crippen LogP contribution in [0.15, 0.2) is 0 Å². The van der Waals surface area contributed by atoms with Crippen molar-refractivity contribution in [2.24, 2.45) is 0 Å². The monoisotopic (exact) mass is 480 g/mol. The molecular formula is C10H18F8O8P2. The topological polar surface area (TPSA) is 123 Å². The zero-order valence-corrected chi connectivity index (χ0v) is 15.8. The number of hydrogen-bond acceptors (Lipinski definition) is 5. The first-order valence-corrected chi connectivity index (χ1v) is 9.98. The Morgan fingerprint density at radius 3 is 1.29 bits per heavy atom. The number of hydrogen-bond donors (Lipinski definition) is 3. The van der Waals surface area contributed by atoms with Crippen molar-refractivity contribution >= 4 is 15.6 Å². The average molecular weight is 480 g/mol. The highest BCUT2D eigenvalue weighted by molar-refractivity contribution is 7.47. The van der Waals surface area contributed by atoms with Crippen LogP contribution in [0.4, 0.5) is 35.1 Å². The van der Waals surface area contributed by atoms with Gasteiger partial charge in [-0.1, -0.05) is 0 Å². The summed E-state index contributed by atoms with van der Waals surface area (Å²) in [5, 5.41) is 0. The van der Waals surface area contributed by atoms with E-state index in [9.17, 15) is 44.3 Å². The van der Waals surface area contributed by atoms with Gasteiger partial charge in [0, 0.05) is 6.42 Å². The fraction of sp³-hybridized carbons (Fsp3) is 1.00. The van der Waals surface area contributed by atoms with Gasteiger partial charge >= 0.3 is 28.0 Å². The van der Waals surface area contributed by atoms with Gasteiger partial charge in [0.2, 0.25) is 5.92 Å². The Morgan fingerprint density at radius 1 is 0.679 bits per heavy atom. The molecule has 0 amide bonds. The summed E-state index contributed by atoms with van der Waals surface area (Å²) in [5.74, 6) is -3.09. The minimum absolute atomic E-state index is 0.573. The van der Waals surface area contributed by atoms with Crippen molar-refractivity contribution in [2.45, 2.75) is 44.5 Å². The standard InChI is InChI=1S/C7H12F5O4P.C3H6F3O4P/c1-6(8,9)2-4-15-17(13,14)16-5-3-7(10,11)12;4-3(5,6)1-2-10-11(7,8)9/h2-5H2,1H3,(H,13,14);1-2H2,(H2,7,8,9). The number of alkyl halides is 8. The molecule has 0 saturated carbocycles. The highest BCUT2D eigenvalue weighted by Crippen LogP contribution is 2.44. The molecule has 0 aromatic rings. The molecule has 18 heteroatoms. The molecule has 0 aromatic heterocycles. The quantitative estimate of drug-likeness (QED) is 0.315. The number of phosphoric ester groups is 2. The lowest BCUT2D eigenvalue weighted by Crippen LogP contribution is -2.14. The molecule has 0 aliphatic carbocycles. The smallest absolute Gasteiger partial charge is 0.303 e. The maximum absolute atomic E-state index is 12.3. The first-order valence-electron chi connectivity index (χ1n) is 6.95. The lowest BCUT2D eigenvalue weighted by atomic mass is 10.3.